The minimum atomic E-state index is -0.601. The predicted molar refractivity (Wildman–Crippen MR) is 69.4 cm³/mol. The third-order valence-corrected chi connectivity index (χ3v) is 2.27. The summed E-state index contributed by atoms with van der Waals surface area (Å²) in [5.74, 6) is 0.132. The van der Waals surface area contributed by atoms with Crippen molar-refractivity contribution in [2.75, 3.05) is 18.3 Å². The zero-order valence-corrected chi connectivity index (χ0v) is 11.4. The van der Waals surface area contributed by atoms with Gasteiger partial charge in [0.15, 0.2) is 0 Å². The van der Waals surface area contributed by atoms with Gasteiger partial charge in [0.05, 0.1) is 13.2 Å². The van der Waals surface area contributed by atoms with Crippen LogP contribution in [0.25, 0.3) is 0 Å². The van der Waals surface area contributed by atoms with Crippen molar-refractivity contribution < 1.29 is 14.4 Å². The molecule has 1 aromatic rings. The summed E-state index contributed by atoms with van der Waals surface area (Å²) in [6.07, 6.45) is 5.58. The van der Waals surface area contributed by atoms with Gasteiger partial charge < -0.3 is 4.74 Å². The van der Waals surface area contributed by atoms with Crippen LogP contribution in [0.1, 0.15) is 39.5 Å². The Morgan fingerprint density at radius 1 is 1.16 bits per heavy atom. The Morgan fingerprint density at radius 2 is 1.79 bits per heavy atom. The van der Waals surface area contributed by atoms with Crippen molar-refractivity contribution in [3.05, 3.63) is 12.7 Å². The van der Waals surface area contributed by atoms with Gasteiger partial charge in [0, 0.05) is 0 Å². The topological polar surface area (TPSA) is 77.4 Å². The summed E-state index contributed by atoms with van der Waals surface area (Å²) >= 11 is 0. The average molecular weight is 268 g/mol. The molecule has 19 heavy (non-hydrogen) atoms. The number of ether oxygens (including phenoxy) is 1. The lowest BCUT2D eigenvalue weighted by Crippen LogP contribution is -2.33. The molecule has 0 aliphatic heterocycles. The molecule has 106 valence electrons. The molecule has 7 heteroatoms. The van der Waals surface area contributed by atoms with E-state index < -0.39 is 6.09 Å². The average Bonchev–Trinajstić information content (AvgIpc) is 2.45. The van der Waals surface area contributed by atoms with Crippen LogP contribution in [0.2, 0.25) is 0 Å². The highest BCUT2D eigenvalue weighted by molar-refractivity contribution is 5.82. The number of nitrogens with zero attached hydrogens (tertiary/aromatic N) is 4. The van der Waals surface area contributed by atoms with Gasteiger partial charge in [-0.05, 0) is 12.8 Å². The number of rotatable bonds is 8. The summed E-state index contributed by atoms with van der Waals surface area (Å²) in [6.45, 7) is 4.82. The quantitative estimate of drug-likeness (QED) is 0.532. The Kier molecular flexibility index (Phi) is 7.41. The van der Waals surface area contributed by atoms with Crippen LogP contribution >= 0.6 is 0 Å². The SMILES string of the molecule is CCCCOC(=O)N(OCCCC)c1ncncn1. The summed E-state index contributed by atoms with van der Waals surface area (Å²) in [5.41, 5.74) is 0. The molecule has 0 radical (unpaired) electrons. The van der Waals surface area contributed by atoms with Crippen LogP contribution in [0.5, 0.6) is 0 Å². The molecule has 0 aromatic carbocycles. The van der Waals surface area contributed by atoms with Crippen molar-refractivity contribution in [2.24, 2.45) is 0 Å². The third-order valence-electron chi connectivity index (χ3n) is 2.27. The molecule has 0 saturated carbocycles. The lowest BCUT2D eigenvalue weighted by atomic mass is 10.4. The van der Waals surface area contributed by atoms with Gasteiger partial charge in [-0.25, -0.2) is 9.78 Å². The Balaban J connectivity index is 2.61. The van der Waals surface area contributed by atoms with Crippen molar-refractivity contribution in [1.29, 1.82) is 0 Å². The van der Waals surface area contributed by atoms with E-state index >= 15 is 0 Å². The Morgan fingerprint density at radius 3 is 2.42 bits per heavy atom. The van der Waals surface area contributed by atoms with Crippen LogP contribution in [0, 0.1) is 0 Å². The van der Waals surface area contributed by atoms with Crippen LogP contribution in [0.15, 0.2) is 12.7 Å². The Labute approximate surface area is 112 Å². The molecule has 1 rings (SSSR count). The first-order valence-corrected chi connectivity index (χ1v) is 6.51. The van der Waals surface area contributed by atoms with Gasteiger partial charge in [-0.15, -0.1) is 5.06 Å². The first-order chi connectivity index (χ1) is 9.29. The zero-order valence-electron chi connectivity index (χ0n) is 11.4. The van der Waals surface area contributed by atoms with Gasteiger partial charge in [0.2, 0.25) is 0 Å². The molecule has 0 aliphatic carbocycles. The standard InChI is InChI=1S/C12H20N4O3/c1-3-5-7-18-12(17)16(19-8-6-4-2)11-14-9-13-10-15-11/h9-10H,3-8H2,1-2H3. The maximum absolute atomic E-state index is 11.9. The highest BCUT2D eigenvalue weighted by Crippen LogP contribution is 2.09. The molecule has 0 atom stereocenters. The van der Waals surface area contributed by atoms with E-state index in [2.05, 4.69) is 15.0 Å². The van der Waals surface area contributed by atoms with Crippen LogP contribution in [0.3, 0.4) is 0 Å². The summed E-state index contributed by atoms with van der Waals surface area (Å²) in [4.78, 5) is 28.7. The number of aromatic nitrogens is 3. The number of unbranched alkanes of at least 4 members (excludes halogenated alkanes) is 2. The van der Waals surface area contributed by atoms with E-state index in [1.807, 2.05) is 13.8 Å². The second kappa shape index (κ2) is 9.21. The van der Waals surface area contributed by atoms with Gasteiger partial charge in [0.25, 0.3) is 5.95 Å². The van der Waals surface area contributed by atoms with Gasteiger partial charge >= 0.3 is 6.09 Å². The summed E-state index contributed by atoms with van der Waals surface area (Å²) < 4.78 is 5.09. The molecule has 1 heterocycles. The van der Waals surface area contributed by atoms with Crippen molar-refractivity contribution >= 4 is 12.0 Å². The van der Waals surface area contributed by atoms with Gasteiger partial charge in [-0.3, -0.25) is 4.84 Å². The van der Waals surface area contributed by atoms with Crippen LogP contribution in [-0.2, 0) is 9.57 Å². The molecular weight excluding hydrogens is 248 g/mol. The first kappa shape index (κ1) is 15.3. The molecule has 7 nitrogen and oxygen atoms in total. The van der Waals surface area contributed by atoms with Crippen LogP contribution in [-0.4, -0.2) is 34.3 Å². The minimum Gasteiger partial charge on any atom is -0.448 e. The zero-order chi connectivity index (χ0) is 13.9. The second-order valence-corrected chi connectivity index (χ2v) is 3.89. The molecule has 1 aromatic heterocycles. The third kappa shape index (κ3) is 5.60. The van der Waals surface area contributed by atoms with Crippen molar-refractivity contribution in [3.8, 4) is 0 Å². The van der Waals surface area contributed by atoms with E-state index in [-0.39, 0.29) is 5.95 Å². The molecular formula is C12H20N4O3. The molecule has 0 fully saturated rings. The number of carbonyl (C=O) groups excluding carboxylic acids is 1. The highest BCUT2D eigenvalue weighted by Gasteiger charge is 2.21. The van der Waals surface area contributed by atoms with Crippen LogP contribution < -0.4 is 5.06 Å². The molecule has 0 unspecified atom stereocenters. The van der Waals surface area contributed by atoms with E-state index in [0.29, 0.717) is 13.2 Å². The number of hydrogen-bond donors (Lipinski definition) is 0. The van der Waals surface area contributed by atoms with Crippen molar-refractivity contribution in [2.45, 2.75) is 39.5 Å². The normalized spacial score (nSPS) is 10.2. The summed E-state index contributed by atoms with van der Waals surface area (Å²) in [7, 11) is 0. The predicted octanol–water partition coefficient (Wildman–Crippen LogP) is 2.35. The fourth-order valence-electron chi connectivity index (χ4n) is 1.19. The van der Waals surface area contributed by atoms with Crippen LogP contribution in [0.4, 0.5) is 10.7 Å². The minimum absolute atomic E-state index is 0.132. The largest absolute Gasteiger partial charge is 0.448 e. The van der Waals surface area contributed by atoms with Crippen molar-refractivity contribution in [3.63, 3.8) is 0 Å². The molecule has 0 N–H and O–H groups in total. The van der Waals surface area contributed by atoms with E-state index in [4.69, 9.17) is 9.57 Å². The highest BCUT2D eigenvalue weighted by atomic mass is 16.7. The molecule has 0 spiro atoms. The lowest BCUT2D eigenvalue weighted by Gasteiger charge is -2.18. The number of anilines is 1. The van der Waals surface area contributed by atoms with Gasteiger partial charge in [-0.1, -0.05) is 26.7 Å². The second-order valence-electron chi connectivity index (χ2n) is 3.89. The number of hydrogen-bond acceptors (Lipinski definition) is 6. The maximum atomic E-state index is 11.9. The first-order valence-electron chi connectivity index (χ1n) is 6.51. The molecule has 1 amide bonds. The monoisotopic (exact) mass is 268 g/mol. The maximum Gasteiger partial charge on any atom is 0.441 e. The Bertz CT molecular complexity index is 361. The molecule has 0 saturated heterocycles. The number of hydroxylamine groups is 1. The number of amides is 1. The summed E-state index contributed by atoms with van der Waals surface area (Å²) in [6, 6.07) is 0. The van der Waals surface area contributed by atoms with E-state index in [1.165, 1.54) is 12.7 Å². The van der Waals surface area contributed by atoms with E-state index in [0.717, 1.165) is 30.7 Å². The molecule has 0 bridgehead atoms. The van der Waals surface area contributed by atoms with Crippen molar-refractivity contribution in [1.82, 2.24) is 15.0 Å². The van der Waals surface area contributed by atoms with Gasteiger partial charge in [-0.2, -0.15) is 9.97 Å². The smallest absolute Gasteiger partial charge is 0.441 e. The fourth-order valence-corrected chi connectivity index (χ4v) is 1.19. The molecule has 0 aliphatic rings. The van der Waals surface area contributed by atoms with Gasteiger partial charge in [0.1, 0.15) is 12.7 Å². The Hall–Kier alpha value is -1.76. The van der Waals surface area contributed by atoms with E-state index in [9.17, 15) is 4.79 Å². The summed E-state index contributed by atoms with van der Waals surface area (Å²) in [5, 5.41) is 0.979. The van der Waals surface area contributed by atoms with E-state index in [1.54, 1.807) is 0 Å². The lowest BCUT2D eigenvalue weighted by molar-refractivity contribution is 0.0705. The number of carbonyl (C=O) groups is 1. The fraction of sp³-hybridized carbons (Fsp3) is 0.667.